The summed E-state index contributed by atoms with van der Waals surface area (Å²) >= 11 is 0. The summed E-state index contributed by atoms with van der Waals surface area (Å²) < 4.78 is 6.98. The van der Waals surface area contributed by atoms with Gasteiger partial charge in [-0.3, -0.25) is 4.57 Å². The average molecular weight is 254 g/mol. The minimum atomic E-state index is 0.418. The lowest BCUT2D eigenvalue weighted by atomic mass is 10.2. The number of methoxy groups -OCH3 is 1. The Hall–Kier alpha value is -2.56. The normalized spacial score (nSPS) is 10.8. The molecule has 0 atom stereocenters. The van der Waals surface area contributed by atoms with E-state index in [1.807, 2.05) is 41.8 Å². The van der Waals surface area contributed by atoms with Crippen LogP contribution in [0.1, 0.15) is 5.56 Å². The van der Waals surface area contributed by atoms with Crippen LogP contribution in [0.3, 0.4) is 0 Å². The number of aryl methyl sites for hydroxylation is 1. The third-order valence-electron chi connectivity index (χ3n) is 2.97. The Morgan fingerprint density at radius 1 is 1.16 bits per heavy atom. The summed E-state index contributed by atoms with van der Waals surface area (Å²) in [5.41, 5.74) is 9.54. The molecule has 2 heterocycles. The van der Waals surface area contributed by atoms with E-state index in [2.05, 4.69) is 9.97 Å². The summed E-state index contributed by atoms with van der Waals surface area (Å²) in [6.07, 6.45) is 0. The highest BCUT2D eigenvalue weighted by atomic mass is 16.5. The molecule has 0 amide bonds. The Morgan fingerprint density at radius 3 is 2.74 bits per heavy atom. The number of rotatable bonds is 2. The third kappa shape index (κ3) is 1.89. The van der Waals surface area contributed by atoms with E-state index in [-0.39, 0.29) is 0 Å². The molecule has 0 unspecified atom stereocenters. The lowest BCUT2D eigenvalue weighted by Crippen LogP contribution is -2.02. The highest BCUT2D eigenvalue weighted by Crippen LogP contribution is 2.23. The maximum atomic E-state index is 6.00. The van der Waals surface area contributed by atoms with Crippen LogP contribution in [0.5, 0.6) is 5.88 Å². The number of pyridine rings is 1. The van der Waals surface area contributed by atoms with E-state index in [1.165, 1.54) is 0 Å². The number of nitrogens with zero attached hydrogens (tertiary/aromatic N) is 3. The van der Waals surface area contributed by atoms with Crippen molar-refractivity contribution in [1.29, 1.82) is 0 Å². The van der Waals surface area contributed by atoms with Crippen molar-refractivity contribution in [2.45, 2.75) is 6.92 Å². The van der Waals surface area contributed by atoms with Crippen molar-refractivity contribution in [3.05, 3.63) is 42.0 Å². The molecule has 0 radical (unpaired) electrons. The summed E-state index contributed by atoms with van der Waals surface area (Å²) in [6, 6.07) is 11.7. The van der Waals surface area contributed by atoms with Crippen molar-refractivity contribution < 1.29 is 4.74 Å². The number of fused-ring (bicyclic) bond motifs is 1. The van der Waals surface area contributed by atoms with Gasteiger partial charge in [-0.2, -0.15) is 4.98 Å². The minimum Gasteiger partial charge on any atom is -0.481 e. The predicted octanol–water partition coefficient (Wildman–Crippen LogP) is 2.32. The molecule has 0 spiro atoms. The third-order valence-corrected chi connectivity index (χ3v) is 2.97. The number of nitrogen functional groups attached to an aromatic ring is 1. The first kappa shape index (κ1) is 11.5. The second kappa shape index (κ2) is 4.28. The maximum Gasteiger partial charge on any atom is 0.215 e. The van der Waals surface area contributed by atoms with Crippen LogP contribution in [-0.4, -0.2) is 21.6 Å². The molecule has 3 rings (SSSR count). The van der Waals surface area contributed by atoms with Crippen LogP contribution in [0.25, 0.3) is 16.9 Å². The number of nitrogens with two attached hydrogens (primary N) is 1. The van der Waals surface area contributed by atoms with Gasteiger partial charge in [0.15, 0.2) is 5.65 Å². The molecule has 0 aliphatic heterocycles. The molecule has 0 saturated carbocycles. The minimum absolute atomic E-state index is 0.418. The van der Waals surface area contributed by atoms with Crippen molar-refractivity contribution >= 4 is 17.1 Å². The van der Waals surface area contributed by atoms with Gasteiger partial charge in [-0.1, -0.05) is 12.1 Å². The van der Waals surface area contributed by atoms with E-state index in [0.717, 1.165) is 16.8 Å². The van der Waals surface area contributed by atoms with Crippen LogP contribution in [0.4, 0.5) is 5.95 Å². The van der Waals surface area contributed by atoms with E-state index < -0.39 is 0 Å². The molecule has 0 fully saturated rings. The van der Waals surface area contributed by atoms with Gasteiger partial charge < -0.3 is 10.5 Å². The molecule has 0 aliphatic carbocycles. The fourth-order valence-electron chi connectivity index (χ4n) is 2.09. The lowest BCUT2D eigenvalue weighted by molar-refractivity contribution is 0.399. The highest BCUT2D eigenvalue weighted by molar-refractivity contribution is 5.77. The van der Waals surface area contributed by atoms with Crippen LogP contribution >= 0.6 is 0 Å². The van der Waals surface area contributed by atoms with Gasteiger partial charge >= 0.3 is 0 Å². The predicted molar refractivity (Wildman–Crippen MR) is 74.6 cm³/mol. The number of hydrogen-bond acceptors (Lipinski definition) is 4. The molecule has 5 heteroatoms. The molecular weight excluding hydrogens is 240 g/mol. The van der Waals surface area contributed by atoms with Crippen LogP contribution in [0, 0.1) is 6.92 Å². The molecule has 1 aromatic carbocycles. The van der Waals surface area contributed by atoms with Gasteiger partial charge in [0, 0.05) is 6.07 Å². The van der Waals surface area contributed by atoms with E-state index in [1.54, 1.807) is 13.2 Å². The molecule has 0 aliphatic rings. The van der Waals surface area contributed by atoms with Gasteiger partial charge in [-0.15, -0.1) is 0 Å². The quantitative estimate of drug-likeness (QED) is 0.762. The van der Waals surface area contributed by atoms with Gasteiger partial charge in [0.1, 0.15) is 5.52 Å². The Morgan fingerprint density at radius 2 is 2.00 bits per heavy atom. The average Bonchev–Trinajstić information content (AvgIpc) is 2.73. The van der Waals surface area contributed by atoms with Gasteiger partial charge in [-0.05, 0) is 30.7 Å². The van der Waals surface area contributed by atoms with E-state index in [9.17, 15) is 0 Å². The number of ether oxygens (including phenoxy) is 1. The largest absolute Gasteiger partial charge is 0.481 e. The SMILES string of the molecule is COc1ccc2nc(N)n(-c3cccc(C)c3)c2n1. The zero-order valence-corrected chi connectivity index (χ0v) is 10.8. The first-order valence-corrected chi connectivity index (χ1v) is 5.95. The summed E-state index contributed by atoms with van der Waals surface area (Å²) in [5.74, 6) is 0.961. The second-order valence-corrected chi connectivity index (χ2v) is 4.34. The summed E-state index contributed by atoms with van der Waals surface area (Å²) in [4.78, 5) is 8.74. The number of benzene rings is 1. The second-order valence-electron chi connectivity index (χ2n) is 4.34. The molecule has 19 heavy (non-hydrogen) atoms. The topological polar surface area (TPSA) is 66.0 Å². The molecule has 3 aromatic rings. The molecule has 0 bridgehead atoms. The smallest absolute Gasteiger partial charge is 0.215 e. The van der Waals surface area contributed by atoms with E-state index in [4.69, 9.17) is 10.5 Å². The molecule has 5 nitrogen and oxygen atoms in total. The Kier molecular flexibility index (Phi) is 2.59. The molecular formula is C14H14N4O. The summed E-state index contributed by atoms with van der Waals surface area (Å²) in [6.45, 7) is 2.03. The van der Waals surface area contributed by atoms with Gasteiger partial charge in [-0.25, -0.2) is 4.98 Å². The van der Waals surface area contributed by atoms with Gasteiger partial charge in [0.05, 0.1) is 12.8 Å². The highest BCUT2D eigenvalue weighted by Gasteiger charge is 2.12. The Balaban J connectivity index is 2.30. The van der Waals surface area contributed by atoms with Crippen LogP contribution < -0.4 is 10.5 Å². The standard InChI is InChI=1S/C14H14N4O/c1-9-4-3-5-10(8-9)18-13-11(16-14(18)15)6-7-12(17-13)19-2/h3-8H,1-2H3,(H2,15,16). The van der Waals surface area contributed by atoms with Gasteiger partial charge in [0.25, 0.3) is 0 Å². The fourth-order valence-corrected chi connectivity index (χ4v) is 2.09. The molecule has 2 N–H and O–H groups in total. The van der Waals surface area contributed by atoms with Crippen LogP contribution in [-0.2, 0) is 0 Å². The van der Waals surface area contributed by atoms with Crippen LogP contribution in [0.2, 0.25) is 0 Å². The van der Waals surface area contributed by atoms with Crippen molar-refractivity contribution in [2.24, 2.45) is 0 Å². The van der Waals surface area contributed by atoms with Crippen molar-refractivity contribution in [3.63, 3.8) is 0 Å². The number of anilines is 1. The summed E-state index contributed by atoms with van der Waals surface area (Å²) in [5, 5.41) is 0. The van der Waals surface area contributed by atoms with Crippen molar-refractivity contribution in [2.75, 3.05) is 12.8 Å². The number of imidazole rings is 1. The molecule has 96 valence electrons. The van der Waals surface area contributed by atoms with E-state index >= 15 is 0 Å². The Bertz CT molecular complexity index is 748. The first-order valence-electron chi connectivity index (χ1n) is 5.95. The zero-order valence-electron chi connectivity index (χ0n) is 10.8. The van der Waals surface area contributed by atoms with Gasteiger partial charge in [0.2, 0.25) is 11.8 Å². The van der Waals surface area contributed by atoms with E-state index in [0.29, 0.717) is 17.5 Å². The summed E-state index contributed by atoms with van der Waals surface area (Å²) in [7, 11) is 1.59. The number of hydrogen-bond donors (Lipinski definition) is 1. The van der Waals surface area contributed by atoms with Crippen molar-refractivity contribution in [1.82, 2.24) is 14.5 Å². The number of aromatic nitrogens is 3. The first-order chi connectivity index (χ1) is 9.19. The molecule has 2 aromatic heterocycles. The zero-order chi connectivity index (χ0) is 13.4. The van der Waals surface area contributed by atoms with Crippen molar-refractivity contribution in [3.8, 4) is 11.6 Å². The fraction of sp³-hybridized carbons (Fsp3) is 0.143. The van der Waals surface area contributed by atoms with Crippen LogP contribution in [0.15, 0.2) is 36.4 Å². The Labute approximate surface area is 110 Å². The lowest BCUT2D eigenvalue weighted by Gasteiger charge is -2.07. The molecule has 0 saturated heterocycles. The maximum absolute atomic E-state index is 6.00. The monoisotopic (exact) mass is 254 g/mol.